The van der Waals surface area contributed by atoms with E-state index in [2.05, 4.69) is 22.3 Å². The largest absolute Gasteiger partial charge is 0.285 e. The summed E-state index contributed by atoms with van der Waals surface area (Å²) in [5, 5.41) is 6.80. The Morgan fingerprint density at radius 1 is 1.08 bits per heavy atom. The zero-order valence-electron chi connectivity index (χ0n) is 6.57. The van der Waals surface area contributed by atoms with Crippen LogP contribution in [0.1, 0.15) is 11.3 Å². The van der Waals surface area contributed by atoms with E-state index in [0.717, 1.165) is 5.69 Å². The van der Waals surface area contributed by atoms with Crippen molar-refractivity contribution in [2.45, 2.75) is 0 Å². The fourth-order valence-corrected chi connectivity index (χ4v) is 1.07. The zero-order valence-corrected chi connectivity index (χ0v) is 6.57. The molecule has 0 fully saturated rings. The average molecular weight is 157 g/mol. The van der Waals surface area contributed by atoms with Gasteiger partial charge in [-0.2, -0.15) is 5.10 Å². The highest BCUT2D eigenvalue weighted by molar-refractivity contribution is 5.31. The first-order chi connectivity index (χ1) is 5.95. The molecule has 2 nitrogen and oxygen atoms in total. The van der Waals surface area contributed by atoms with E-state index in [-0.39, 0.29) is 0 Å². The normalized spacial score (nSPS) is 10.0. The molecule has 1 N–H and O–H groups in total. The summed E-state index contributed by atoms with van der Waals surface area (Å²) in [5.74, 6) is 0. The maximum Gasteiger partial charge on any atom is 0.0706 e. The van der Waals surface area contributed by atoms with E-state index in [0.29, 0.717) is 0 Å². The highest BCUT2D eigenvalue weighted by Crippen LogP contribution is 2.07. The van der Waals surface area contributed by atoms with Crippen LogP contribution < -0.4 is 0 Å². The highest BCUT2D eigenvalue weighted by atomic mass is 15.1. The minimum Gasteiger partial charge on any atom is -0.285 e. The summed E-state index contributed by atoms with van der Waals surface area (Å²) in [6, 6.07) is 12.1. The van der Waals surface area contributed by atoms with Crippen molar-refractivity contribution in [3.63, 3.8) is 0 Å². The third-order valence-electron chi connectivity index (χ3n) is 1.64. The number of aromatic amines is 1. The molecule has 2 rings (SSSR count). The minimum atomic E-state index is 0.959. The molecule has 0 amide bonds. The summed E-state index contributed by atoms with van der Waals surface area (Å²) in [6.45, 7) is 0. The monoisotopic (exact) mass is 157 g/mol. The molecule has 0 saturated carbocycles. The quantitative estimate of drug-likeness (QED) is 0.709. The second kappa shape index (κ2) is 3.22. The van der Waals surface area contributed by atoms with Crippen LogP contribution in [0.2, 0.25) is 0 Å². The standard InChI is InChI=1S/C10H9N2/c1-2-4-9(5-3-1)8-10-6-7-11-12-10/h1-8H,(H,11,12). The Balaban J connectivity index is 2.15. The van der Waals surface area contributed by atoms with Crippen LogP contribution in [-0.4, -0.2) is 10.2 Å². The number of hydrogen-bond donors (Lipinski definition) is 1. The second-order valence-electron chi connectivity index (χ2n) is 2.55. The van der Waals surface area contributed by atoms with Gasteiger partial charge in [0.05, 0.1) is 5.69 Å². The molecule has 0 spiro atoms. The van der Waals surface area contributed by atoms with Gasteiger partial charge in [0.2, 0.25) is 0 Å². The van der Waals surface area contributed by atoms with E-state index in [9.17, 15) is 0 Å². The molecule has 59 valence electrons. The number of benzene rings is 1. The average Bonchev–Trinajstić information content (AvgIpc) is 2.59. The fraction of sp³-hybridized carbons (Fsp3) is 0. The zero-order chi connectivity index (χ0) is 8.23. The van der Waals surface area contributed by atoms with Crippen LogP contribution in [0.4, 0.5) is 0 Å². The molecule has 12 heavy (non-hydrogen) atoms. The number of H-pyrrole nitrogens is 1. The first kappa shape index (κ1) is 7.10. The third-order valence-corrected chi connectivity index (χ3v) is 1.64. The van der Waals surface area contributed by atoms with E-state index in [1.165, 1.54) is 5.56 Å². The van der Waals surface area contributed by atoms with Crippen LogP contribution in [0, 0.1) is 6.42 Å². The number of aromatic nitrogens is 2. The predicted molar refractivity (Wildman–Crippen MR) is 47.5 cm³/mol. The predicted octanol–water partition coefficient (Wildman–Crippen LogP) is 2.01. The number of nitrogens with zero attached hydrogens (tertiary/aromatic N) is 1. The Labute approximate surface area is 71.3 Å². The van der Waals surface area contributed by atoms with Gasteiger partial charge in [0.25, 0.3) is 0 Å². The molecule has 1 radical (unpaired) electrons. The van der Waals surface area contributed by atoms with Crippen LogP contribution in [0.15, 0.2) is 42.6 Å². The molecule has 0 aliphatic carbocycles. The summed E-state index contributed by atoms with van der Waals surface area (Å²) < 4.78 is 0. The Morgan fingerprint density at radius 3 is 2.58 bits per heavy atom. The van der Waals surface area contributed by atoms with Crippen molar-refractivity contribution in [2.75, 3.05) is 0 Å². The summed E-state index contributed by atoms with van der Waals surface area (Å²) >= 11 is 0. The van der Waals surface area contributed by atoms with Gasteiger partial charge in [-0.15, -0.1) is 0 Å². The smallest absolute Gasteiger partial charge is 0.0706 e. The van der Waals surface area contributed by atoms with Crippen molar-refractivity contribution in [3.05, 3.63) is 60.3 Å². The van der Waals surface area contributed by atoms with Crippen LogP contribution in [0.3, 0.4) is 0 Å². The summed E-state index contributed by atoms with van der Waals surface area (Å²) in [4.78, 5) is 0. The molecule has 0 aliphatic heterocycles. The molecule has 1 heterocycles. The number of rotatable bonds is 2. The summed E-state index contributed by atoms with van der Waals surface area (Å²) in [6.07, 6.45) is 3.84. The number of hydrogen-bond acceptors (Lipinski definition) is 1. The Bertz CT molecular complexity index is 324. The molecule has 0 unspecified atom stereocenters. The molecule has 1 aromatic carbocycles. The van der Waals surface area contributed by atoms with Gasteiger partial charge in [0.15, 0.2) is 0 Å². The maximum absolute atomic E-state index is 4.03. The van der Waals surface area contributed by atoms with E-state index in [4.69, 9.17) is 0 Å². The van der Waals surface area contributed by atoms with E-state index in [1.54, 1.807) is 0 Å². The lowest BCUT2D eigenvalue weighted by atomic mass is 10.1. The van der Waals surface area contributed by atoms with Crippen molar-refractivity contribution < 1.29 is 0 Å². The van der Waals surface area contributed by atoms with E-state index in [1.807, 2.05) is 36.9 Å². The van der Waals surface area contributed by atoms with Gasteiger partial charge in [0, 0.05) is 12.6 Å². The highest BCUT2D eigenvalue weighted by Gasteiger charge is 1.96. The van der Waals surface area contributed by atoms with Gasteiger partial charge in [-0.05, 0) is 11.6 Å². The van der Waals surface area contributed by atoms with Gasteiger partial charge in [-0.3, -0.25) is 5.10 Å². The first-order valence-electron chi connectivity index (χ1n) is 3.85. The van der Waals surface area contributed by atoms with E-state index < -0.39 is 0 Å². The maximum atomic E-state index is 4.03. The van der Waals surface area contributed by atoms with Crippen LogP contribution >= 0.6 is 0 Å². The minimum absolute atomic E-state index is 0.959. The molecule has 2 heteroatoms. The van der Waals surface area contributed by atoms with E-state index >= 15 is 0 Å². The lowest BCUT2D eigenvalue weighted by Crippen LogP contribution is -1.83. The summed E-state index contributed by atoms with van der Waals surface area (Å²) in [7, 11) is 0. The number of nitrogens with one attached hydrogen (secondary N) is 1. The molecule has 1 aromatic heterocycles. The Morgan fingerprint density at radius 2 is 1.92 bits per heavy atom. The fourth-order valence-electron chi connectivity index (χ4n) is 1.07. The molecule has 0 atom stereocenters. The molecular formula is C10H9N2. The van der Waals surface area contributed by atoms with Crippen LogP contribution in [0.25, 0.3) is 0 Å². The lowest BCUT2D eigenvalue weighted by molar-refractivity contribution is 1.06. The van der Waals surface area contributed by atoms with Gasteiger partial charge in [-0.25, -0.2) is 0 Å². The van der Waals surface area contributed by atoms with Crippen LogP contribution in [-0.2, 0) is 0 Å². The Kier molecular flexibility index (Phi) is 1.90. The topological polar surface area (TPSA) is 28.7 Å². The van der Waals surface area contributed by atoms with Gasteiger partial charge < -0.3 is 0 Å². The SMILES string of the molecule is [CH](c1ccccc1)c1cc[nH]n1. The first-order valence-corrected chi connectivity index (χ1v) is 3.85. The Hall–Kier alpha value is -1.57. The van der Waals surface area contributed by atoms with Gasteiger partial charge in [-0.1, -0.05) is 30.3 Å². The van der Waals surface area contributed by atoms with Crippen LogP contribution in [0.5, 0.6) is 0 Å². The second-order valence-corrected chi connectivity index (χ2v) is 2.55. The molecule has 0 saturated heterocycles. The lowest BCUT2D eigenvalue weighted by Gasteiger charge is -1.94. The molecule has 2 aromatic rings. The molecule has 0 aliphatic rings. The molecule has 0 bridgehead atoms. The summed E-state index contributed by atoms with van der Waals surface area (Å²) in [5.41, 5.74) is 2.13. The van der Waals surface area contributed by atoms with Crippen molar-refractivity contribution in [2.24, 2.45) is 0 Å². The van der Waals surface area contributed by atoms with Crippen molar-refractivity contribution in [1.29, 1.82) is 0 Å². The van der Waals surface area contributed by atoms with Crippen molar-refractivity contribution in [1.82, 2.24) is 10.2 Å². The van der Waals surface area contributed by atoms with Crippen molar-refractivity contribution in [3.8, 4) is 0 Å². The van der Waals surface area contributed by atoms with Crippen molar-refractivity contribution >= 4 is 0 Å². The van der Waals surface area contributed by atoms with Gasteiger partial charge >= 0.3 is 0 Å². The van der Waals surface area contributed by atoms with Gasteiger partial charge in [0.1, 0.15) is 0 Å². The molecular weight excluding hydrogens is 148 g/mol. The third kappa shape index (κ3) is 1.53.